The molecular weight excluding hydrogens is 365 g/mol. The van der Waals surface area contributed by atoms with Crippen molar-refractivity contribution in [2.24, 2.45) is 0 Å². The summed E-state index contributed by atoms with van der Waals surface area (Å²) in [6.45, 7) is 0. The van der Waals surface area contributed by atoms with Gasteiger partial charge in [0.25, 0.3) is 0 Å². The van der Waals surface area contributed by atoms with E-state index in [4.69, 9.17) is 0 Å². The molecule has 0 atom stereocenters. The number of benzene rings is 2. The largest absolute Gasteiger partial charge is 0.306 e. The fourth-order valence-electron chi connectivity index (χ4n) is 2.86. The third kappa shape index (κ3) is 3.83. The SMILES string of the molecule is O=S(=O)(Cc1ccc(F)cc1)Nc1ccccc1-c1cn2ccccc2n1. The van der Waals surface area contributed by atoms with Crippen molar-refractivity contribution < 1.29 is 12.8 Å². The van der Waals surface area contributed by atoms with Crippen LogP contribution in [0.3, 0.4) is 0 Å². The third-order valence-corrected chi connectivity index (χ3v) is 5.35. The third-order valence-electron chi connectivity index (χ3n) is 4.10. The first-order chi connectivity index (χ1) is 13.0. The molecule has 5 nitrogen and oxygen atoms in total. The van der Waals surface area contributed by atoms with E-state index in [9.17, 15) is 12.8 Å². The lowest BCUT2D eigenvalue weighted by Gasteiger charge is -2.11. The van der Waals surface area contributed by atoms with Crippen molar-refractivity contribution in [3.8, 4) is 11.3 Å². The molecule has 0 saturated carbocycles. The van der Waals surface area contributed by atoms with Gasteiger partial charge in [0.05, 0.1) is 17.1 Å². The lowest BCUT2D eigenvalue weighted by Crippen LogP contribution is -2.15. The zero-order valence-electron chi connectivity index (χ0n) is 14.2. The summed E-state index contributed by atoms with van der Waals surface area (Å²) < 4.78 is 42.7. The van der Waals surface area contributed by atoms with Crippen LogP contribution in [0.1, 0.15) is 5.56 Å². The molecule has 0 saturated heterocycles. The first-order valence-electron chi connectivity index (χ1n) is 8.28. The van der Waals surface area contributed by atoms with Crippen LogP contribution in [0.15, 0.2) is 79.1 Å². The summed E-state index contributed by atoms with van der Waals surface area (Å²) in [4.78, 5) is 4.55. The van der Waals surface area contributed by atoms with Crippen molar-refractivity contribution in [2.45, 2.75) is 5.75 Å². The molecule has 1 N–H and O–H groups in total. The van der Waals surface area contributed by atoms with Crippen LogP contribution in [0, 0.1) is 5.82 Å². The minimum absolute atomic E-state index is 0.243. The molecule has 0 radical (unpaired) electrons. The minimum atomic E-state index is -3.67. The molecule has 0 amide bonds. The standard InChI is InChI=1S/C20H16FN3O2S/c21-16-10-8-15(9-11-16)14-27(25,26)23-18-6-2-1-5-17(18)19-13-24-12-4-3-7-20(24)22-19/h1-13,23H,14H2. The Morgan fingerprint density at radius 1 is 0.963 bits per heavy atom. The normalized spacial score (nSPS) is 11.6. The summed E-state index contributed by atoms with van der Waals surface area (Å²) in [6.07, 6.45) is 3.73. The van der Waals surface area contributed by atoms with Gasteiger partial charge in [0, 0.05) is 18.0 Å². The van der Waals surface area contributed by atoms with E-state index in [2.05, 4.69) is 9.71 Å². The van der Waals surface area contributed by atoms with Crippen LogP contribution in [-0.4, -0.2) is 17.8 Å². The zero-order chi connectivity index (χ0) is 18.9. The number of anilines is 1. The van der Waals surface area contributed by atoms with Crippen LogP contribution in [0.2, 0.25) is 0 Å². The number of hydrogen-bond donors (Lipinski definition) is 1. The molecule has 4 aromatic rings. The second kappa shape index (κ2) is 6.85. The Labute approximate surface area is 156 Å². The van der Waals surface area contributed by atoms with Gasteiger partial charge in [-0.1, -0.05) is 36.4 Å². The Morgan fingerprint density at radius 2 is 1.70 bits per heavy atom. The summed E-state index contributed by atoms with van der Waals surface area (Å²) in [7, 11) is -3.67. The lowest BCUT2D eigenvalue weighted by molar-refractivity contribution is 0.600. The fraction of sp³-hybridized carbons (Fsp3) is 0.0500. The van der Waals surface area contributed by atoms with Gasteiger partial charge >= 0.3 is 0 Å². The molecule has 27 heavy (non-hydrogen) atoms. The van der Waals surface area contributed by atoms with Crippen molar-refractivity contribution >= 4 is 21.4 Å². The van der Waals surface area contributed by atoms with Gasteiger partial charge in [0.1, 0.15) is 11.5 Å². The van der Waals surface area contributed by atoms with Crippen molar-refractivity contribution in [1.29, 1.82) is 0 Å². The first-order valence-corrected chi connectivity index (χ1v) is 9.93. The van der Waals surface area contributed by atoms with E-state index in [1.807, 2.05) is 47.1 Å². The highest BCUT2D eigenvalue weighted by molar-refractivity contribution is 7.91. The number of rotatable bonds is 5. The molecule has 2 aromatic heterocycles. The molecule has 2 heterocycles. The number of fused-ring (bicyclic) bond motifs is 1. The van der Waals surface area contributed by atoms with Gasteiger partial charge < -0.3 is 4.40 Å². The quantitative estimate of drug-likeness (QED) is 0.566. The van der Waals surface area contributed by atoms with Gasteiger partial charge in [-0.2, -0.15) is 0 Å². The van der Waals surface area contributed by atoms with Crippen molar-refractivity contribution in [1.82, 2.24) is 9.38 Å². The minimum Gasteiger partial charge on any atom is -0.306 e. The van der Waals surface area contributed by atoms with Crippen molar-refractivity contribution in [3.05, 3.63) is 90.5 Å². The summed E-state index contributed by atoms with van der Waals surface area (Å²) in [5.74, 6) is -0.645. The molecule has 0 aliphatic carbocycles. The summed E-state index contributed by atoms with van der Waals surface area (Å²) >= 11 is 0. The predicted octanol–water partition coefficient (Wildman–Crippen LogP) is 4.08. The Kier molecular flexibility index (Phi) is 4.37. The van der Waals surface area contributed by atoms with Gasteiger partial charge in [0.15, 0.2) is 0 Å². The maximum atomic E-state index is 13.0. The van der Waals surface area contributed by atoms with E-state index in [0.29, 0.717) is 22.5 Å². The zero-order valence-corrected chi connectivity index (χ0v) is 15.0. The number of imidazole rings is 1. The van der Waals surface area contributed by atoms with Gasteiger partial charge in [-0.05, 0) is 35.9 Å². The van der Waals surface area contributed by atoms with Crippen molar-refractivity contribution in [3.63, 3.8) is 0 Å². The number of aromatic nitrogens is 2. The maximum Gasteiger partial charge on any atom is 0.236 e. The summed E-state index contributed by atoms with van der Waals surface area (Å²) in [5.41, 5.74) is 3.08. The predicted molar refractivity (Wildman–Crippen MR) is 103 cm³/mol. The summed E-state index contributed by atoms with van der Waals surface area (Å²) in [5, 5.41) is 0. The van der Waals surface area contributed by atoms with Crippen LogP contribution in [0.4, 0.5) is 10.1 Å². The second-order valence-corrected chi connectivity index (χ2v) is 7.85. The maximum absolute atomic E-state index is 13.0. The monoisotopic (exact) mass is 381 g/mol. The Balaban J connectivity index is 1.65. The molecule has 136 valence electrons. The van der Waals surface area contributed by atoms with Gasteiger partial charge in [0.2, 0.25) is 10.0 Å². The molecule has 7 heteroatoms. The molecule has 0 aliphatic rings. The number of para-hydroxylation sites is 1. The van der Waals surface area contributed by atoms with Gasteiger partial charge in [-0.3, -0.25) is 4.72 Å². The molecular formula is C20H16FN3O2S. The van der Waals surface area contributed by atoms with E-state index >= 15 is 0 Å². The average Bonchev–Trinajstić information content (AvgIpc) is 3.07. The first kappa shape index (κ1) is 17.2. The highest BCUT2D eigenvalue weighted by atomic mass is 32.2. The van der Waals surface area contributed by atoms with E-state index < -0.39 is 15.8 Å². The Hall–Kier alpha value is -3.19. The molecule has 0 aliphatic heterocycles. The summed E-state index contributed by atoms with van der Waals surface area (Å²) in [6, 6.07) is 18.2. The van der Waals surface area contributed by atoms with E-state index in [0.717, 1.165) is 5.65 Å². The van der Waals surface area contributed by atoms with Crippen LogP contribution < -0.4 is 4.72 Å². The topological polar surface area (TPSA) is 63.5 Å². The molecule has 0 fully saturated rings. The number of hydrogen-bond acceptors (Lipinski definition) is 3. The van der Waals surface area contributed by atoms with Crippen molar-refractivity contribution in [2.75, 3.05) is 4.72 Å². The highest BCUT2D eigenvalue weighted by Crippen LogP contribution is 2.28. The smallest absolute Gasteiger partial charge is 0.236 e. The number of sulfonamides is 1. The second-order valence-electron chi connectivity index (χ2n) is 6.13. The van der Waals surface area contributed by atoms with Gasteiger partial charge in [-0.15, -0.1) is 0 Å². The fourth-order valence-corrected chi connectivity index (χ4v) is 4.08. The number of nitrogens with one attached hydrogen (secondary N) is 1. The average molecular weight is 381 g/mol. The number of nitrogens with zero attached hydrogens (tertiary/aromatic N) is 2. The molecule has 0 spiro atoms. The van der Waals surface area contributed by atoms with Crippen LogP contribution in [0.25, 0.3) is 16.9 Å². The van der Waals surface area contributed by atoms with Gasteiger partial charge in [-0.25, -0.2) is 17.8 Å². The Morgan fingerprint density at radius 3 is 2.48 bits per heavy atom. The van der Waals surface area contributed by atoms with E-state index in [1.165, 1.54) is 24.3 Å². The van der Waals surface area contributed by atoms with E-state index in [1.54, 1.807) is 12.1 Å². The molecule has 4 rings (SSSR count). The van der Waals surface area contributed by atoms with Crippen LogP contribution >= 0.6 is 0 Å². The van der Waals surface area contributed by atoms with Crippen LogP contribution in [-0.2, 0) is 15.8 Å². The number of halogens is 1. The highest BCUT2D eigenvalue weighted by Gasteiger charge is 2.16. The number of pyridine rings is 1. The Bertz CT molecular complexity index is 1170. The van der Waals surface area contributed by atoms with Crippen LogP contribution in [0.5, 0.6) is 0 Å². The molecule has 2 aromatic carbocycles. The molecule has 0 bridgehead atoms. The molecule has 0 unspecified atom stereocenters. The lowest BCUT2D eigenvalue weighted by atomic mass is 10.1. The van der Waals surface area contributed by atoms with E-state index in [-0.39, 0.29) is 5.75 Å².